The van der Waals surface area contributed by atoms with Crippen molar-refractivity contribution in [2.45, 2.75) is 45.2 Å². The second-order valence-corrected chi connectivity index (χ2v) is 4.69. The van der Waals surface area contributed by atoms with E-state index in [2.05, 4.69) is 44.9 Å². The average molecular weight is 258 g/mol. The molecule has 2 rings (SSSR count). The van der Waals surface area contributed by atoms with Crippen LogP contribution in [-0.4, -0.2) is 15.8 Å². The molecule has 4 heteroatoms. The number of nitrogens with zero attached hydrogens (tertiary/aromatic N) is 2. The van der Waals surface area contributed by atoms with Crippen molar-refractivity contribution in [2.24, 2.45) is 0 Å². The molecular formula is C10H16BrN3. The zero-order valence-electron chi connectivity index (χ0n) is 8.63. The number of anilines is 1. The molecule has 1 aliphatic heterocycles. The minimum absolute atomic E-state index is 0.558. The fraction of sp³-hybridized carbons (Fsp3) is 0.700. The van der Waals surface area contributed by atoms with Crippen LogP contribution in [0.4, 0.5) is 5.82 Å². The van der Waals surface area contributed by atoms with Crippen LogP contribution in [-0.2, 0) is 0 Å². The molecule has 2 atom stereocenters. The van der Waals surface area contributed by atoms with Crippen LogP contribution >= 0.6 is 15.9 Å². The molecule has 3 nitrogen and oxygen atoms in total. The van der Waals surface area contributed by atoms with Crippen molar-refractivity contribution in [1.29, 1.82) is 0 Å². The fourth-order valence-corrected chi connectivity index (χ4v) is 2.43. The van der Waals surface area contributed by atoms with E-state index in [1.165, 1.54) is 12.8 Å². The lowest BCUT2D eigenvalue weighted by Gasteiger charge is -2.31. The summed E-state index contributed by atoms with van der Waals surface area (Å²) < 4.78 is 3.19. The molecule has 2 heterocycles. The minimum Gasteiger partial charge on any atom is -0.367 e. The van der Waals surface area contributed by atoms with Crippen molar-refractivity contribution in [3.05, 3.63) is 10.7 Å². The molecular weight excluding hydrogens is 242 g/mol. The number of hydrogen-bond acceptors (Lipinski definition) is 2. The Hall–Kier alpha value is -0.510. The third-order valence-electron chi connectivity index (χ3n) is 2.96. The zero-order valence-corrected chi connectivity index (χ0v) is 10.2. The van der Waals surface area contributed by atoms with E-state index in [4.69, 9.17) is 0 Å². The quantitative estimate of drug-likeness (QED) is 0.882. The van der Waals surface area contributed by atoms with Gasteiger partial charge in [0.25, 0.3) is 0 Å². The van der Waals surface area contributed by atoms with Crippen LogP contribution in [0.15, 0.2) is 10.7 Å². The van der Waals surface area contributed by atoms with Crippen molar-refractivity contribution in [3.63, 3.8) is 0 Å². The minimum atomic E-state index is 0.558. The number of aromatic nitrogens is 2. The monoisotopic (exact) mass is 257 g/mol. The maximum Gasteiger partial charge on any atom is 0.139 e. The van der Waals surface area contributed by atoms with Gasteiger partial charge >= 0.3 is 0 Å². The molecule has 0 aromatic carbocycles. The summed E-state index contributed by atoms with van der Waals surface area (Å²) in [6.45, 7) is 4.45. The SMILES string of the molecule is CCC1CC(CC)n2ncc(Br)c2N1. The van der Waals surface area contributed by atoms with Crippen molar-refractivity contribution >= 4 is 21.7 Å². The first kappa shape index (κ1) is 10.0. The van der Waals surface area contributed by atoms with E-state index >= 15 is 0 Å². The summed E-state index contributed by atoms with van der Waals surface area (Å²) in [4.78, 5) is 0. The van der Waals surface area contributed by atoms with Gasteiger partial charge < -0.3 is 5.32 Å². The number of nitrogens with one attached hydrogen (secondary N) is 1. The summed E-state index contributed by atoms with van der Waals surface area (Å²) >= 11 is 3.52. The Morgan fingerprint density at radius 1 is 1.57 bits per heavy atom. The van der Waals surface area contributed by atoms with Crippen LogP contribution in [0.1, 0.15) is 39.2 Å². The van der Waals surface area contributed by atoms with Crippen LogP contribution in [0.2, 0.25) is 0 Å². The van der Waals surface area contributed by atoms with Gasteiger partial charge in [-0.1, -0.05) is 13.8 Å². The Labute approximate surface area is 93.0 Å². The Balaban J connectivity index is 2.32. The molecule has 78 valence electrons. The predicted molar refractivity (Wildman–Crippen MR) is 61.6 cm³/mol. The van der Waals surface area contributed by atoms with E-state index in [0.717, 1.165) is 16.7 Å². The summed E-state index contributed by atoms with van der Waals surface area (Å²) in [5, 5.41) is 7.90. The second-order valence-electron chi connectivity index (χ2n) is 3.83. The van der Waals surface area contributed by atoms with Gasteiger partial charge in [0.05, 0.1) is 16.7 Å². The molecule has 0 saturated heterocycles. The Bertz CT molecular complexity index is 321. The standard InChI is InChI=1S/C10H16BrN3/c1-3-7-5-8(4-2)14-10(13-7)9(11)6-12-14/h6-8,13H,3-5H2,1-2H3. The van der Waals surface area contributed by atoms with Gasteiger partial charge in [0.2, 0.25) is 0 Å². The lowest BCUT2D eigenvalue weighted by Crippen LogP contribution is -2.31. The Morgan fingerprint density at radius 2 is 2.36 bits per heavy atom. The molecule has 2 unspecified atom stereocenters. The number of fused-ring (bicyclic) bond motifs is 1. The highest BCUT2D eigenvalue weighted by molar-refractivity contribution is 9.10. The normalized spacial score (nSPS) is 25.6. The fourth-order valence-electron chi connectivity index (χ4n) is 2.04. The molecule has 0 bridgehead atoms. The van der Waals surface area contributed by atoms with Gasteiger partial charge in [-0.05, 0) is 35.2 Å². The first-order valence-electron chi connectivity index (χ1n) is 5.25. The molecule has 0 fully saturated rings. The van der Waals surface area contributed by atoms with Crippen molar-refractivity contribution in [1.82, 2.24) is 9.78 Å². The molecule has 0 aliphatic carbocycles. The van der Waals surface area contributed by atoms with Gasteiger partial charge in [-0.2, -0.15) is 5.10 Å². The topological polar surface area (TPSA) is 29.9 Å². The van der Waals surface area contributed by atoms with Crippen LogP contribution in [0.25, 0.3) is 0 Å². The summed E-state index contributed by atoms with van der Waals surface area (Å²) in [5.41, 5.74) is 0. The van der Waals surface area contributed by atoms with E-state index < -0.39 is 0 Å². The number of hydrogen-bond donors (Lipinski definition) is 1. The van der Waals surface area contributed by atoms with E-state index in [0.29, 0.717) is 12.1 Å². The van der Waals surface area contributed by atoms with Crippen LogP contribution in [0.3, 0.4) is 0 Å². The lowest BCUT2D eigenvalue weighted by atomic mass is 10.0. The largest absolute Gasteiger partial charge is 0.367 e. The third kappa shape index (κ3) is 1.56. The number of halogens is 1. The van der Waals surface area contributed by atoms with Gasteiger partial charge in [-0.3, -0.25) is 0 Å². The highest BCUT2D eigenvalue weighted by atomic mass is 79.9. The second kappa shape index (κ2) is 3.93. The van der Waals surface area contributed by atoms with Crippen molar-refractivity contribution in [2.75, 3.05) is 5.32 Å². The van der Waals surface area contributed by atoms with E-state index in [9.17, 15) is 0 Å². The Kier molecular flexibility index (Phi) is 2.81. The zero-order chi connectivity index (χ0) is 10.1. The van der Waals surface area contributed by atoms with Crippen LogP contribution < -0.4 is 5.32 Å². The summed E-state index contributed by atoms with van der Waals surface area (Å²) in [6, 6.07) is 1.16. The Morgan fingerprint density at radius 3 is 3.00 bits per heavy atom. The van der Waals surface area contributed by atoms with E-state index in [1.807, 2.05) is 6.20 Å². The lowest BCUT2D eigenvalue weighted by molar-refractivity contribution is 0.362. The molecule has 0 saturated carbocycles. The predicted octanol–water partition coefficient (Wildman–Crippen LogP) is 3.19. The van der Waals surface area contributed by atoms with Crippen molar-refractivity contribution < 1.29 is 0 Å². The molecule has 0 amide bonds. The van der Waals surface area contributed by atoms with E-state index in [-0.39, 0.29) is 0 Å². The van der Waals surface area contributed by atoms with Gasteiger partial charge in [-0.15, -0.1) is 0 Å². The third-order valence-corrected chi connectivity index (χ3v) is 3.54. The molecule has 1 N–H and O–H groups in total. The molecule has 1 aromatic heterocycles. The molecule has 14 heavy (non-hydrogen) atoms. The maximum absolute atomic E-state index is 4.38. The maximum atomic E-state index is 4.38. The summed E-state index contributed by atoms with van der Waals surface area (Å²) in [7, 11) is 0. The first-order valence-corrected chi connectivity index (χ1v) is 6.05. The average Bonchev–Trinajstić information content (AvgIpc) is 2.59. The highest BCUT2D eigenvalue weighted by Crippen LogP contribution is 2.34. The van der Waals surface area contributed by atoms with Crippen LogP contribution in [0.5, 0.6) is 0 Å². The van der Waals surface area contributed by atoms with Crippen LogP contribution in [0, 0.1) is 0 Å². The molecule has 1 aliphatic rings. The number of rotatable bonds is 2. The molecule has 0 spiro atoms. The first-order chi connectivity index (χ1) is 6.76. The van der Waals surface area contributed by atoms with Gasteiger partial charge in [-0.25, -0.2) is 4.68 Å². The molecule has 0 radical (unpaired) electrons. The summed E-state index contributed by atoms with van der Waals surface area (Å²) in [6.07, 6.45) is 5.39. The van der Waals surface area contributed by atoms with Gasteiger partial charge in [0.1, 0.15) is 5.82 Å². The van der Waals surface area contributed by atoms with E-state index in [1.54, 1.807) is 0 Å². The molecule has 1 aromatic rings. The highest BCUT2D eigenvalue weighted by Gasteiger charge is 2.26. The van der Waals surface area contributed by atoms with Gasteiger partial charge in [0, 0.05) is 6.04 Å². The van der Waals surface area contributed by atoms with Crippen molar-refractivity contribution in [3.8, 4) is 0 Å². The summed E-state index contributed by atoms with van der Waals surface area (Å²) in [5.74, 6) is 1.15. The van der Waals surface area contributed by atoms with Gasteiger partial charge in [0.15, 0.2) is 0 Å². The smallest absolute Gasteiger partial charge is 0.139 e.